The minimum atomic E-state index is -0.479. The van der Waals surface area contributed by atoms with E-state index >= 15 is 0 Å². The minimum absolute atomic E-state index is 0. The van der Waals surface area contributed by atoms with Crippen molar-refractivity contribution in [2.24, 2.45) is 0 Å². The van der Waals surface area contributed by atoms with Crippen molar-refractivity contribution in [3.05, 3.63) is 0 Å². The zero-order valence-corrected chi connectivity index (χ0v) is 11.0. The number of hydrogen-bond donors (Lipinski definition) is 0. The summed E-state index contributed by atoms with van der Waals surface area (Å²) in [6.45, 7) is 18.0. The third-order valence-electron chi connectivity index (χ3n) is 0. The van der Waals surface area contributed by atoms with Crippen LogP contribution in [-0.4, -0.2) is 41.5 Å². The summed E-state index contributed by atoms with van der Waals surface area (Å²) in [6.07, 6.45) is 0. The van der Waals surface area contributed by atoms with Crippen LogP contribution in [0.25, 0.3) is 0 Å². The Bertz CT molecular complexity index is 47.0. The summed E-state index contributed by atoms with van der Waals surface area (Å²) < 4.78 is 0. The van der Waals surface area contributed by atoms with Crippen LogP contribution in [0.4, 0.5) is 0 Å². The third-order valence-corrected chi connectivity index (χ3v) is 0. The van der Waals surface area contributed by atoms with Gasteiger partial charge in [-0.25, -0.2) is 0 Å². The van der Waals surface area contributed by atoms with Gasteiger partial charge in [0.25, 0.3) is 27.2 Å². The largest absolute Gasteiger partial charge is 0.281 e. The third kappa shape index (κ3) is 15200. The van der Waals surface area contributed by atoms with Crippen LogP contribution in [0.1, 0.15) is 0 Å². The molecule has 0 saturated carbocycles. The van der Waals surface area contributed by atoms with Crippen LogP contribution in [0.5, 0.6) is 0 Å². The van der Waals surface area contributed by atoms with Gasteiger partial charge < -0.3 is 0 Å². The van der Waals surface area contributed by atoms with Gasteiger partial charge in [-0.05, 0) is 0 Å². The van der Waals surface area contributed by atoms with Gasteiger partial charge in [-0.3, -0.25) is 19.2 Å². The van der Waals surface area contributed by atoms with E-state index in [0.29, 0.717) is 0 Å². The van der Waals surface area contributed by atoms with Crippen molar-refractivity contribution in [2.75, 3.05) is 0 Å². The molecule has 0 amide bonds. The van der Waals surface area contributed by atoms with Gasteiger partial charge >= 0.3 is 31.6 Å². The predicted molar refractivity (Wildman–Crippen MR) is 47.5 cm³/mol. The van der Waals surface area contributed by atoms with Crippen molar-refractivity contribution in [2.45, 2.75) is 17.3 Å². The normalized spacial score (nSPS) is 4.00. The Labute approximate surface area is 94.8 Å². The molecule has 0 aliphatic carbocycles. The maximum absolute atomic E-state index is 7.50. The molecule has 0 spiro atoms. The van der Waals surface area contributed by atoms with E-state index in [-0.39, 0.29) is 16.8 Å². The molecule has 6 heteroatoms. The van der Waals surface area contributed by atoms with Crippen molar-refractivity contribution < 1.29 is 36.0 Å². The fourth-order valence-corrected chi connectivity index (χ4v) is 0. The molecule has 0 bridgehead atoms. The Morgan fingerprint density at radius 2 is 0.615 bits per heavy atom. The monoisotopic (exact) mass is 291 g/mol. The number of rotatable bonds is 0. The van der Waals surface area contributed by atoms with E-state index in [4.69, 9.17) is 19.2 Å². The first-order valence-corrected chi connectivity index (χ1v) is 9.82. The summed E-state index contributed by atoms with van der Waals surface area (Å²) in [5.41, 5.74) is 0. The van der Waals surface area contributed by atoms with Gasteiger partial charge in [0.2, 0.25) is 0 Å². The van der Waals surface area contributed by atoms with Crippen LogP contribution in [-0.2, 0) is 36.0 Å². The van der Waals surface area contributed by atoms with Crippen molar-refractivity contribution in [1.29, 1.82) is 0 Å². The van der Waals surface area contributed by atoms with Gasteiger partial charge in [0.05, 0.1) is 0 Å². The quantitative estimate of drug-likeness (QED) is 0.565. The first-order chi connectivity index (χ1) is 5.73. The van der Waals surface area contributed by atoms with E-state index in [2.05, 4.69) is 44.4 Å². The zero-order valence-electron chi connectivity index (χ0n) is 7.54. The van der Waals surface area contributed by atoms with Crippen molar-refractivity contribution in [1.82, 2.24) is 0 Å². The molecule has 0 unspecified atom stereocenters. The van der Waals surface area contributed by atoms with E-state index in [9.17, 15) is 0 Å². The van der Waals surface area contributed by atoms with Crippen LogP contribution < -0.4 is 0 Å². The van der Waals surface area contributed by atoms with Crippen LogP contribution in [0, 0.1) is 0 Å². The smallest absolute Gasteiger partial charge is 0.281 e. The predicted octanol–water partition coefficient (Wildman–Crippen LogP) is -0.488. The first kappa shape index (κ1) is 38.7. The molecular formula is C7H10CoGeO4. The Morgan fingerprint density at radius 1 is 0.615 bits per heavy atom. The van der Waals surface area contributed by atoms with Crippen LogP contribution >= 0.6 is 0 Å². The average Bonchev–Trinajstić information content (AvgIpc) is 2.16. The Morgan fingerprint density at radius 3 is 0.615 bits per heavy atom. The van der Waals surface area contributed by atoms with E-state index in [1.54, 1.807) is 0 Å². The van der Waals surface area contributed by atoms with Gasteiger partial charge in [-0.15, -0.1) is 0 Å². The molecule has 0 fully saturated rings. The van der Waals surface area contributed by atoms with Crippen molar-refractivity contribution in [3.63, 3.8) is 0 Å². The van der Waals surface area contributed by atoms with Crippen molar-refractivity contribution in [3.8, 4) is 0 Å². The molecule has 13 heavy (non-hydrogen) atoms. The molecular weight excluding hydrogens is 280 g/mol. The zero-order chi connectivity index (χ0) is 11.6. The number of hydrogen-bond acceptors (Lipinski definition) is 4. The number of carbonyl (C=O) groups excluding carboxylic acids is 4. The molecule has 4 nitrogen and oxygen atoms in total. The van der Waals surface area contributed by atoms with Gasteiger partial charge in [0.1, 0.15) is 0 Å². The van der Waals surface area contributed by atoms with Gasteiger partial charge in [-0.1, -0.05) is 0 Å². The summed E-state index contributed by atoms with van der Waals surface area (Å²) in [5, 5.41) is 0. The summed E-state index contributed by atoms with van der Waals surface area (Å²) in [6, 6.07) is 0. The second-order valence-electron chi connectivity index (χ2n) is 1.73. The summed E-state index contributed by atoms with van der Waals surface area (Å²) in [4.78, 5) is 30.0. The molecule has 9 radical (unpaired) electrons. The van der Waals surface area contributed by atoms with E-state index in [1.807, 2.05) is 0 Å². The fourth-order valence-electron chi connectivity index (χ4n) is 0. The molecule has 0 aromatic rings. The van der Waals surface area contributed by atoms with Crippen LogP contribution in [0.2, 0.25) is 17.3 Å². The molecule has 0 rings (SSSR count). The maximum atomic E-state index is 7.50. The van der Waals surface area contributed by atoms with Crippen molar-refractivity contribution >= 4 is 41.5 Å². The molecule has 0 heterocycles. The van der Waals surface area contributed by atoms with Crippen LogP contribution in [0.15, 0.2) is 0 Å². The second-order valence-corrected chi connectivity index (χ2v) is 9.00. The molecule has 0 saturated heterocycles. The standard InChI is InChI=1S/C3H10Ge.4CO.Co/c1-4(2)3;4*1-2;/h4H,1-3H3;;;;;. The Balaban J connectivity index is -0.0000000122. The van der Waals surface area contributed by atoms with E-state index in [1.165, 1.54) is 0 Å². The van der Waals surface area contributed by atoms with E-state index < -0.39 is 14.3 Å². The average molecular weight is 290 g/mol. The molecule has 0 aromatic heterocycles. The minimum Gasteiger partial charge on any atom is -0.281 e. The molecule has 0 aliphatic rings. The fraction of sp³-hybridized carbons (Fsp3) is 0.429. The van der Waals surface area contributed by atoms with E-state index in [0.717, 1.165) is 0 Å². The first-order valence-electron chi connectivity index (χ1n) is 2.55. The summed E-state index contributed by atoms with van der Waals surface area (Å²) in [7, 11) is 0. The maximum Gasteiger partial charge on any atom is 0.281 e. The van der Waals surface area contributed by atoms with Crippen LogP contribution in [0.3, 0.4) is 0 Å². The topological polar surface area (TPSA) is 68.3 Å². The Kier molecular flexibility index (Phi) is 539. The second kappa shape index (κ2) is 181. The summed E-state index contributed by atoms with van der Waals surface area (Å²) >= 11 is -0.479. The molecule has 0 atom stereocenters. The summed E-state index contributed by atoms with van der Waals surface area (Å²) in [5.74, 6) is 7.06. The molecule has 0 N–H and O–H groups in total. The van der Waals surface area contributed by atoms with Gasteiger partial charge in [0, 0.05) is 16.8 Å². The van der Waals surface area contributed by atoms with Gasteiger partial charge in [-0.2, -0.15) is 0 Å². The molecule has 75 valence electrons. The molecule has 0 aromatic carbocycles. The van der Waals surface area contributed by atoms with Gasteiger partial charge in [0.15, 0.2) is 0 Å². The molecule has 0 aliphatic heterocycles. The SMILES string of the molecule is [CH3][GeH]([CH3])[CH3].[C]=O.[C]=O.[C]=O.[C]=O.[Co]. The Hall–Kier alpha value is -0.271.